The Morgan fingerprint density at radius 3 is 2.79 bits per heavy atom. The van der Waals surface area contributed by atoms with Crippen molar-refractivity contribution in [3.8, 4) is 17.0 Å². The molecule has 1 heterocycles. The van der Waals surface area contributed by atoms with E-state index in [9.17, 15) is 0 Å². The van der Waals surface area contributed by atoms with Crippen LogP contribution in [0.4, 0.5) is 0 Å². The molecule has 2 N–H and O–H groups in total. The minimum Gasteiger partial charge on any atom is -0.496 e. The van der Waals surface area contributed by atoms with Gasteiger partial charge in [0.15, 0.2) is 5.76 Å². The lowest BCUT2D eigenvalue weighted by Crippen LogP contribution is -1.93. The van der Waals surface area contributed by atoms with Gasteiger partial charge in [0, 0.05) is 6.07 Å². The monoisotopic (exact) mass is 254 g/mol. The van der Waals surface area contributed by atoms with E-state index in [1.54, 1.807) is 7.11 Å². The van der Waals surface area contributed by atoms with Gasteiger partial charge >= 0.3 is 0 Å². The zero-order valence-corrected chi connectivity index (χ0v) is 10.6. The molecule has 0 fully saturated rings. The minimum absolute atomic E-state index is 0.333. The normalized spacial score (nSPS) is 10.8. The third-order valence-corrected chi connectivity index (χ3v) is 3.13. The van der Waals surface area contributed by atoms with Gasteiger partial charge in [0.2, 0.25) is 0 Å². The second-order valence-corrected chi connectivity index (χ2v) is 4.25. The number of hydrogen-bond acceptors (Lipinski definition) is 4. The molecule has 0 spiro atoms. The summed E-state index contributed by atoms with van der Waals surface area (Å²) in [4.78, 5) is 0. The van der Waals surface area contributed by atoms with Crippen molar-refractivity contribution in [3.05, 3.63) is 48.2 Å². The zero-order chi connectivity index (χ0) is 13.2. The molecule has 0 radical (unpaired) electrons. The highest BCUT2D eigenvalue weighted by molar-refractivity contribution is 5.98. The van der Waals surface area contributed by atoms with Gasteiger partial charge in [-0.1, -0.05) is 35.5 Å². The molecule has 0 saturated heterocycles. The number of fused-ring (bicyclic) bond motifs is 1. The second-order valence-electron chi connectivity index (χ2n) is 4.25. The molecule has 1 aromatic heterocycles. The lowest BCUT2D eigenvalue weighted by molar-refractivity contribution is 0.385. The summed E-state index contributed by atoms with van der Waals surface area (Å²) in [6.45, 7) is 0.333. The molecule has 0 aliphatic heterocycles. The van der Waals surface area contributed by atoms with Crippen molar-refractivity contribution in [2.75, 3.05) is 7.11 Å². The van der Waals surface area contributed by atoms with Crippen molar-refractivity contribution >= 4 is 10.8 Å². The van der Waals surface area contributed by atoms with Crippen molar-refractivity contribution in [2.45, 2.75) is 6.54 Å². The van der Waals surface area contributed by atoms with Gasteiger partial charge in [-0.3, -0.25) is 0 Å². The predicted octanol–water partition coefficient (Wildman–Crippen LogP) is 2.96. The Bertz CT molecular complexity index is 719. The van der Waals surface area contributed by atoms with E-state index in [0.29, 0.717) is 12.3 Å². The van der Waals surface area contributed by atoms with Crippen molar-refractivity contribution in [1.29, 1.82) is 0 Å². The van der Waals surface area contributed by atoms with E-state index in [1.165, 1.54) is 0 Å². The molecule has 0 unspecified atom stereocenters. The molecule has 96 valence electrons. The molecular formula is C15H14N2O2. The highest BCUT2D eigenvalue weighted by atomic mass is 16.5. The van der Waals surface area contributed by atoms with E-state index >= 15 is 0 Å². The largest absolute Gasteiger partial charge is 0.496 e. The highest BCUT2D eigenvalue weighted by Crippen LogP contribution is 2.36. The molecule has 0 bridgehead atoms. The molecule has 4 nitrogen and oxygen atoms in total. The second kappa shape index (κ2) is 4.74. The van der Waals surface area contributed by atoms with E-state index in [-0.39, 0.29) is 0 Å². The standard InChI is InChI=1S/C15H14N2O2/c1-18-14-7-6-10-4-2-3-5-12(10)15(14)13-8-11(9-16)19-17-13/h2-8H,9,16H2,1H3. The fourth-order valence-electron chi connectivity index (χ4n) is 2.21. The van der Waals surface area contributed by atoms with Gasteiger partial charge in [-0.15, -0.1) is 0 Å². The van der Waals surface area contributed by atoms with E-state index in [2.05, 4.69) is 11.2 Å². The first-order valence-electron chi connectivity index (χ1n) is 6.05. The van der Waals surface area contributed by atoms with Crippen molar-refractivity contribution in [2.24, 2.45) is 5.73 Å². The summed E-state index contributed by atoms with van der Waals surface area (Å²) in [7, 11) is 1.65. The van der Waals surface area contributed by atoms with Crippen LogP contribution >= 0.6 is 0 Å². The topological polar surface area (TPSA) is 61.3 Å². The molecule has 2 aromatic carbocycles. The van der Waals surface area contributed by atoms with Crippen LogP contribution in [0.1, 0.15) is 5.76 Å². The highest BCUT2D eigenvalue weighted by Gasteiger charge is 2.14. The molecular weight excluding hydrogens is 240 g/mol. The molecule has 0 aliphatic carbocycles. The molecule has 0 amide bonds. The van der Waals surface area contributed by atoms with Crippen molar-refractivity contribution in [3.63, 3.8) is 0 Å². The average molecular weight is 254 g/mol. The van der Waals surface area contributed by atoms with Crippen LogP contribution in [-0.4, -0.2) is 12.3 Å². The Labute approximate surface area is 110 Å². The summed E-state index contributed by atoms with van der Waals surface area (Å²) >= 11 is 0. The maximum absolute atomic E-state index is 5.56. The fourth-order valence-corrected chi connectivity index (χ4v) is 2.21. The smallest absolute Gasteiger partial charge is 0.150 e. The lowest BCUT2D eigenvalue weighted by atomic mass is 10.0. The molecule has 0 saturated carbocycles. The van der Waals surface area contributed by atoms with Gasteiger partial charge in [-0.2, -0.15) is 0 Å². The maximum atomic E-state index is 5.56. The van der Waals surface area contributed by atoms with Crippen LogP contribution in [0.2, 0.25) is 0 Å². The van der Waals surface area contributed by atoms with E-state index in [0.717, 1.165) is 27.8 Å². The number of rotatable bonds is 3. The number of ether oxygens (including phenoxy) is 1. The van der Waals surface area contributed by atoms with Crippen LogP contribution in [-0.2, 0) is 6.54 Å². The van der Waals surface area contributed by atoms with Crippen molar-refractivity contribution in [1.82, 2.24) is 5.16 Å². The number of aromatic nitrogens is 1. The van der Waals surface area contributed by atoms with E-state index < -0.39 is 0 Å². The third kappa shape index (κ3) is 1.96. The number of methoxy groups -OCH3 is 1. The van der Waals surface area contributed by atoms with Crippen LogP contribution in [0.3, 0.4) is 0 Å². The Morgan fingerprint density at radius 2 is 2.05 bits per heavy atom. The average Bonchev–Trinajstić information content (AvgIpc) is 2.94. The first kappa shape index (κ1) is 11.7. The summed E-state index contributed by atoms with van der Waals surface area (Å²) in [6.07, 6.45) is 0. The lowest BCUT2D eigenvalue weighted by Gasteiger charge is -2.09. The Balaban J connectivity index is 2.30. The number of nitrogens with two attached hydrogens (primary N) is 1. The van der Waals surface area contributed by atoms with Crippen LogP contribution in [0.25, 0.3) is 22.0 Å². The summed E-state index contributed by atoms with van der Waals surface area (Å²) in [6, 6.07) is 13.9. The van der Waals surface area contributed by atoms with E-state index in [4.69, 9.17) is 15.0 Å². The third-order valence-electron chi connectivity index (χ3n) is 3.13. The molecule has 0 atom stereocenters. The van der Waals surface area contributed by atoms with Gasteiger partial charge in [-0.05, 0) is 16.8 Å². The molecule has 0 aliphatic rings. The predicted molar refractivity (Wildman–Crippen MR) is 73.9 cm³/mol. The fraction of sp³-hybridized carbons (Fsp3) is 0.133. The molecule has 19 heavy (non-hydrogen) atoms. The summed E-state index contributed by atoms with van der Waals surface area (Å²) in [5.41, 5.74) is 7.24. The van der Waals surface area contributed by atoms with Crippen LogP contribution in [0, 0.1) is 0 Å². The summed E-state index contributed by atoms with van der Waals surface area (Å²) < 4.78 is 10.6. The molecule has 3 aromatic rings. The Hall–Kier alpha value is -2.33. The first-order chi connectivity index (χ1) is 9.33. The van der Waals surface area contributed by atoms with Crippen LogP contribution in [0.15, 0.2) is 47.0 Å². The van der Waals surface area contributed by atoms with E-state index in [1.807, 2.05) is 36.4 Å². The first-order valence-corrected chi connectivity index (χ1v) is 6.05. The maximum Gasteiger partial charge on any atom is 0.150 e. The zero-order valence-electron chi connectivity index (χ0n) is 10.6. The van der Waals surface area contributed by atoms with Crippen molar-refractivity contribution < 1.29 is 9.26 Å². The van der Waals surface area contributed by atoms with Gasteiger partial charge in [0.05, 0.1) is 19.2 Å². The van der Waals surface area contributed by atoms with Gasteiger partial charge < -0.3 is 15.0 Å². The molecule has 4 heteroatoms. The minimum atomic E-state index is 0.333. The number of nitrogens with zero attached hydrogens (tertiary/aromatic N) is 1. The summed E-state index contributed by atoms with van der Waals surface area (Å²) in [5.74, 6) is 1.43. The Kier molecular flexibility index (Phi) is 2.93. The van der Waals surface area contributed by atoms with Gasteiger partial charge in [0.25, 0.3) is 0 Å². The van der Waals surface area contributed by atoms with Gasteiger partial charge in [0.1, 0.15) is 11.4 Å². The van der Waals surface area contributed by atoms with Crippen LogP contribution < -0.4 is 10.5 Å². The number of benzene rings is 2. The Morgan fingerprint density at radius 1 is 1.21 bits per heavy atom. The summed E-state index contributed by atoms with van der Waals surface area (Å²) in [5, 5.41) is 6.30. The SMILES string of the molecule is COc1ccc2ccccc2c1-c1cc(CN)on1. The molecule has 3 rings (SSSR count). The van der Waals surface area contributed by atoms with Crippen LogP contribution in [0.5, 0.6) is 5.75 Å². The quantitative estimate of drug-likeness (QED) is 0.780. The van der Waals surface area contributed by atoms with Gasteiger partial charge in [-0.25, -0.2) is 0 Å². The number of hydrogen-bond donors (Lipinski definition) is 1.